The topological polar surface area (TPSA) is 16.4 Å². The maximum Gasteiger partial charge on any atom is 0.159 e. The Hall–Kier alpha value is -6.16. The quantitative estimate of drug-likeness (QED) is 0.186. The van der Waals surface area contributed by atoms with E-state index in [1.807, 2.05) is 11.3 Å². The maximum absolute atomic E-state index is 7.00. The second-order valence-electron chi connectivity index (χ2n) is 12.5. The smallest absolute Gasteiger partial charge is 0.159 e. The highest BCUT2D eigenvalue weighted by molar-refractivity contribution is 7.25. The van der Waals surface area contributed by atoms with Crippen LogP contribution in [-0.2, 0) is 0 Å². The Morgan fingerprint density at radius 3 is 1.78 bits per heavy atom. The van der Waals surface area contributed by atoms with Crippen molar-refractivity contribution in [1.29, 1.82) is 0 Å². The van der Waals surface area contributed by atoms with Gasteiger partial charge in [0.05, 0.1) is 11.4 Å². The van der Waals surface area contributed by atoms with Crippen molar-refractivity contribution in [3.8, 4) is 22.3 Å². The molecule has 8 aromatic carbocycles. The van der Waals surface area contributed by atoms with Gasteiger partial charge in [0, 0.05) is 47.6 Å². The molecular weight excluding hydrogens is 615 g/mol. The van der Waals surface area contributed by atoms with Gasteiger partial charge in [-0.1, -0.05) is 140 Å². The van der Waals surface area contributed by atoms with Crippen LogP contribution in [-0.4, -0.2) is 0 Å². The van der Waals surface area contributed by atoms with E-state index in [1.54, 1.807) is 0 Å². The summed E-state index contributed by atoms with van der Waals surface area (Å²) in [6, 6.07) is 63.1. The first-order valence-electron chi connectivity index (χ1n) is 16.6. The van der Waals surface area contributed by atoms with Gasteiger partial charge in [0.2, 0.25) is 0 Å². The summed E-state index contributed by atoms with van der Waals surface area (Å²) in [6.07, 6.45) is 0. The Morgan fingerprint density at radius 2 is 0.980 bits per heavy atom. The van der Waals surface area contributed by atoms with E-state index < -0.39 is 0 Å². The molecule has 0 aliphatic carbocycles. The van der Waals surface area contributed by atoms with Gasteiger partial charge in [0.1, 0.15) is 5.58 Å². The monoisotopic (exact) mass is 643 g/mol. The van der Waals surface area contributed by atoms with E-state index in [-0.39, 0.29) is 0 Å². The summed E-state index contributed by atoms with van der Waals surface area (Å²) in [7, 11) is 0. The number of thiophene rings is 1. The SMILES string of the molecule is c1ccc(-c2ccc(N(c3ccc4sc5ccccc5c4c3)c3cccc4c3oc3c(-c5ccccc5)cccc34)c3ccccc23)cc1. The molecule has 0 aliphatic rings. The molecular formula is C46H29NOS. The summed E-state index contributed by atoms with van der Waals surface area (Å²) < 4.78 is 9.58. The molecule has 0 atom stereocenters. The molecule has 2 nitrogen and oxygen atoms in total. The lowest BCUT2D eigenvalue weighted by Gasteiger charge is -2.27. The van der Waals surface area contributed by atoms with Crippen molar-refractivity contribution in [3.05, 3.63) is 176 Å². The number of nitrogens with zero attached hydrogens (tertiary/aromatic N) is 1. The Balaban J connectivity index is 1.28. The van der Waals surface area contributed by atoms with Gasteiger partial charge < -0.3 is 9.32 Å². The molecule has 0 unspecified atom stereocenters. The van der Waals surface area contributed by atoms with E-state index in [0.29, 0.717) is 0 Å². The van der Waals surface area contributed by atoms with Crippen LogP contribution in [0.5, 0.6) is 0 Å². The van der Waals surface area contributed by atoms with E-state index in [2.05, 4.69) is 181 Å². The van der Waals surface area contributed by atoms with E-state index >= 15 is 0 Å². The first kappa shape index (κ1) is 27.9. The van der Waals surface area contributed by atoms with Crippen molar-refractivity contribution in [3.63, 3.8) is 0 Å². The molecule has 2 heterocycles. The highest BCUT2D eigenvalue weighted by atomic mass is 32.1. The zero-order valence-electron chi connectivity index (χ0n) is 26.5. The highest BCUT2D eigenvalue weighted by Crippen LogP contribution is 2.48. The van der Waals surface area contributed by atoms with Crippen LogP contribution in [0, 0.1) is 0 Å². The molecule has 10 rings (SSSR count). The Kier molecular flexibility index (Phi) is 6.39. The molecule has 0 aliphatic heterocycles. The average molecular weight is 644 g/mol. The number of para-hydroxylation sites is 2. The molecule has 3 heteroatoms. The lowest BCUT2D eigenvalue weighted by molar-refractivity contribution is 0.670. The fraction of sp³-hybridized carbons (Fsp3) is 0. The largest absolute Gasteiger partial charge is 0.453 e. The van der Waals surface area contributed by atoms with E-state index in [4.69, 9.17) is 4.42 Å². The minimum Gasteiger partial charge on any atom is -0.453 e. The van der Waals surface area contributed by atoms with Gasteiger partial charge in [-0.3, -0.25) is 0 Å². The van der Waals surface area contributed by atoms with Gasteiger partial charge in [-0.05, 0) is 58.5 Å². The Labute approximate surface area is 287 Å². The molecule has 0 radical (unpaired) electrons. The summed E-state index contributed by atoms with van der Waals surface area (Å²) in [5.74, 6) is 0. The van der Waals surface area contributed by atoms with Crippen molar-refractivity contribution in [2.45, 2.75) is 0 Å². The van der Waals surface area contributed by atoms with Crippen LogP contribution in [0.1, 0.15) is 0 Å². The second-order valence-corrected chi connectivity index (χ2v) is 13.5. The van der Waals surface area contributed by atoms with Crippen molar-refractivity contribution >= 4 is 81.3 Å². The number of anilines is 3. The fourth-order valence-corrected chi connectivity index (χ4v) is 8.52. The van der Waals surface area contributed by atoms with Crippen LogP contribution in [0.3, 0.4) is 0 Å². The van der Waals surface area contributed by atoms with Crippen LogP contribution in [0.15, 0.2) is 180 Å². The van der Waals surface area contributed by atoms with E-state index in [9.17, 15) is 0 Å². The standard InChI is InChI=1S/C46H29NOS/c1-3-13-30(14-4-1)33-26-27-41(36-18-8-7-17-35(33)36)47(32-25-28-44-40(29-32)37-19-9-10-24-43(37)49-44)42-23-12-22-39-38-21-11-20-34(45(38)48-46(39)42)31-15-5-2-6-16-31/h1-29H. The first-order chi connectivity index (χ1) is 24.3. The van der Waals surface area contributed by atoms with Crippen molar-refractivity contribution in [2.24, 2.45) is 0 Å². The van der Waals surface area contributed by atoms with Gasteiger partial charge in [0.25, 0.3) is 0 Å². The van der Waals surface area contributed by atoms with Gasteiger partial charge in [0.15, 0.2) is 5.58 Å². The molecule has 2 aromatic heterocycles. The van der Waals surface area contributed by atoms with Gasteiger partial charge in [-0.2, -0.15) is 0 Å². The molecule has 0 spiro atoms. The average Bonchev–Trinajstić information content (AvgIpc) is 3.74. The zero-order chi connectivity index (χ0) is 32.3. The van der Waals surface area contributed by atoms with Crippen molar-refractivity contribution in [1.82, 2.24) is 0 Å². The number of benzene rings is 8. The fourth-order valence-electron chi connectivity index (χ4n) is 7.44. The van der Waals surface area contributed by atoms with Crippen molar-refractivity contribution < 1.29 is 4.42 Å². The maximum atomic E-state index is 7.00. The zero-order valence-corrected chi connectivity index (χ0v) is 27.3. The molecule has 0 fully saturated rings. The molecule has 0 saturated heterocycles. The van der Waals surface area contributed by atoms with E-state index in [0.717, 1.165) is 50.1 Å². The first-order valence-corrected chi connectivity index (χ1v) is 17.4. The molecule has 0 N–H and O–H groups in total. The minimum atomic E-state index is 0.868. The molecule has 49 heavy (non-hydrogen) atoms. The third-order valence-corrected chi connectivity index (χ3v) is 10.8. The second kappa shape index (κ2) is 11.2. The third-order valence-electron chi connectivity index (χ3n) is 9.67. The number of furan rings is 1. The number of fused-ring (bicyclic) bond motifs is 7. The number of hydrogen-bond donors (Lipinski definition) is 0. The predicted molar refractivity (Wildman–Crippen MR) is 210 cm³/mol. The molecule has 0 saturated carbocycles. The predicted octanol–water partition coefficient (Wildman–Crippen LogP) is 13.9. The van der Waals surface area contributed by atoms with Gasteiger partial charge >= 0.3 is 0 Å². The number of hydrogen-bond acceptors (Lipinski definition) is 3. The molecule has 0 amide bonds. The molecule has 0 bridgehead atoms. The normalized spacial score (nSPS) is 11.7. The highest BCUT2D eigenvalue weighted by Gasteiger charge is 2.23. The van der Waals surface area contributed by atoms with Crippen LogP contribution in [0.25, 0.3) is 75.1 Å². The molecule has 230 valence electrons. The van der Waals surface area contributed by atoms with E-state index in [1.165, 1.54) is 42.1 Å². The summed E-state index contributed by atoms with van der Waals surface area (Å²) in [6.45, 7) is 0. The summed E-state index contributed by atoms with van der Waals surface area (Å²) >= 11 is 1.84. The van der Waals surface area contributed by atoms with Crippen LogP contribution in [0.2, 0.25) is 0 Å². The summed E-state index contributed by atoms with van der Waals surface area (Å²) in [5, 5.41) is 7.14. The van der Waals surface area contributed by atoms with Gasteiger partial charge in [-0.15, -0.1) is 11.3 Å². The number of rotatable bonds is 5. The molecule has 10 aromatic rings. The Morgan fingerprint density at radius 1 is 0.367 bits per heavy atom. The lowest BCUT2D eigenvalue weighted by atomic mass is 9.96. The van der Waals surface area contributed by atoms with Crippen LogP contribution < -0.4 is 4.90 Å². The van der Waals surface area contributed by atoms with Gasteiger partial charge in [-0.25, -0.2) is 0 Å². The third kappa shape index (κ3) is 4.47. The van der Waals surface area contributed by atoms with Crippen LogP contribution in [0.4, 0.5) is 17.1 Å². The lowest BCUT2D eigenvalue weighted by Crippen LogP contribution is -2.11. The minimum absolute atomic E-state index is 0.868. The van der Waals surface area contributed by atoms with Crippen LogP contribution >= 0.6 is 11.3 Å². The summed E-state index contributed by atoms with van der Waals surface area (Å²) in [4.78, 5) is 2.40. The Bertz CT molecular complexity index is 2830. The summed E-state index contributed by atoms with van der Waals surface area (Å²) in [5.41, 5.74) is 9.62. The van der Waals surface area contributed by atoms with Crippen molar-refractivity contribution in [2.75, 3.05) is 4.90 Å².